The van der Waals surface area contributed by atoms with E-state index in [1.54, 1.807) is 0 Å². The number of carbonyl (C=O) groups is 2. The van der Waals surface area contributed by atoms with Crippen molar-refractivity contribution in [2.75, 3.05) is 0 Å². The van der Waals surface area contributed by atoms with E-state index >= 15 is 0 Å². The van der Waals surface area contributed by atoms with Gasteiger partial charge in [0.25, 0.3) is 5.91 Å². The molecule has 0 aliphatic heterocycles. The summed E-state index contributed by atoms with van der Waals surface area (Å²) < 4.78 is 53.7. The average molecular weight is 325 g/mol. The number of rotatable bonds is 3. The molecule has 0 spiro atoms. The zero-order valence-electron chi connectivity index (χ0n) is 11.9. The van der Waals surface area contributed by atoms with E-state index in [-0.39, 0.29) is 11.1 Å². The molecule has 2 rings (SSSR count). The summed E-state index contributed by atoms with van der Waals surface area (Å²) in [6.45, 7) is 0.962. The van der Waals surface area contributed by atoms with Crippen molar-refractivity contribution in [3.05, 3.63) is 58.9 Å². The first-order valence-electron chi connectivity index (χ1n) is 6.44. The molecule has 2 aromatic carbocycles. The van der Waals surface area contributed by atoms with Crippen LogP contribution in [0, 0.1) is 5.82 Å². The second-order valence-electron chi connectivity index (χ2n) is 4.81. The smallest absolute Gasteiger partial charge is 0.366 e. The first-order chi connectivity index (χ1) is 10.6. The van der Waals surface area contributed by atoms with Crippen LogP contribution in [-0.4, -0.2) is 11.7 Å². The summed E-state index contributed by atoms with van der Waals surface area (Å²) >= 11 is 0. The number of ketones is 1. The molecular weight excluding hydrogens is 314 g/mol. The number of halogens is 4. The molecule has 2 N–H and O–H groups in total. The largest absolute Gasteiger partial charge is 0.417 e. The van der Waals surface area contributed by atoms with E-state index in [2.05, 4.69) is 0 Å². The zero-order valence-corrected chi connectivity index (χ0v) is 11.9. The highest BCUT2D eigenvalue weighted by molar-refractivity contribution is 6.03. The van der Waals surface area contributed by atoms with Gasteiger partial charge < -0.3 is 5.73 Å². The van der Waals surface area contributed by atoms with E-state index in [4.69, 9.17) is 5.73 Å². The van der Waals surface area contributed by atoms with Crippen molar-refractivity contribution < 1.29 is 27.2 Å². The number of primary amides is 1. The van der Waals surface area contributed by atoms with E-state index in [9.17, 15) is 27.2 Å². The second kappa shape index (κ2) is 5.83. The molecule has 3 nitrogen and oxygen atoms in total. The third-order valence-corrected chi connectivity index (χ3v) is 3.28. The van der Waals surface area contributed by atoms with Crippen LogP contribution in [0.2, 0.25) is 0 Å². The number of nitrogens with two attached hydrogens (primary N) is 1. The number of hydrogen-bond acceptors (Lipinski definition) is 2. The molecule has 120 valence electrons. The van der Waals surface area contributed by atoms with Crippen LogP contribution in [0.5, 0.6) is 0 Å². The monoisotopic (exact) mass is 325 g/mol. The highest BCUT2D eigenvalue weighted by Gasteiger charge is 2.36. The quantitative estimate of drug-likeness (QED) is 0.689. The van der Waals surface area contributed by atoms with E-state index in [0.29, 0.717) is 0 Å². The Kier molecular flexibility index (Phi) is 4.22. The first-order valence-corrected chi connectivity index (χ1v) is 6.44. The molecule has 0 aliphatic carbocycles. The molecule has 1 amide bonds. The number of alkyl halides is 3. The summed E-state index contributed by atoms with van der Waals surface area (Å²) in [5.74, 6) is -2.99. The second-order valence-corrected chi connectivity index (χ2v) is 4.81. The summed E-state index contributed by atoms with van der Waals surface area (Å²) in [5, 5.41) is 0. The van der Waals surface area contributed by atoms with Gasteiger partial charge in [0, 0.05) is 11.1 Å². The van der Waals surface area contributed by atoms with Crippen LogP contribution in [0.25, 0.3) is 11.1 Å². The third kappa shape index (κ3) is 3.08. The molecule has 23 heavy (non-hydrogen) atoms. The molecule has 0 aliphatic rings. The minimum absolute atomic E-state index is 0.243. The Labute approximate surface area is 128 Å². The van der Waals surface area contributed by atoms with Crippen LogP contribution >= 0.6 is 0 Å². The molecule has 2 aromatic rings. The van der Waals surface area contributed by atoms with Crippen molar-refractivity contribution in [1.29, 1.82) is 0 Å². The molecule has 0 bridgehead atoms. The van der Waals surface area contributed by atoms with Crippen LogP contribution in [-0.2, 0) is 6.18 Å². The van der Waals surface area contributed by atoms with Gasteiger partial charge in [-0.15, -0.1) is 0 Å². The lowest BCUT2D eigenvalue weighted by Crippen LogP contribution is -2.15. The van der Waals surface area contributed by atoms with E-state index in [0.717, 1.165) is 25.1 Å². The SMILES string of the molecule is CC(=O)c1c(-c2cccc(C(N)=O)c2F)cccc1C(F)(F)F. The lowest BCUT2D eigenvalue weighted by Gasteiger charge is -2.16. The van der Waals surface area contributed by atoms with Crippen LogP contribution in [0.1, 0.15) is 33.2 Å². The number of benzene rings is 2. The maximum atomic E-state index is 14.4. The first kappa shape index (κ1) is 16.7. The summed E-state index contributed by atoms with van der Waals surface area (Å²) in [4.78, 5) is 22.9. The summed E-state index contributed by atoms with van der Waals surface area (Å²) in [6.07, 6.45) is -4.77. The van der Waals surface area contributed by atoms with Gasteiger partial charge in [-0.25, -0.2) is 4.39 Å². The van der Waals surface area contributed by atoms with Gasteiger partial charge >= 0.3 is 6.18 Å². The standard InChI is InChI=1S/C16H11F4NO2/c1-8(22)13-9(4-3-7-12(13)16(18,19)20)10-5-2-6-11(14(10)17)15(21)23/h2-7H,1H3,(H2,21,23). The maximum absolute atomic E-state index is 14.4. The van der Waals surface area contributed by atoms with Crippen LogP contribution in [0.4, 0.5) is 17.6 Å². The number of hydrogen-bond donors (Lipinski definition) is 1. The number of carbonyl (C=O) groups excluding carboxylic acids is 2. The van der Waals surface area contributed by atoms with Crippen LogP contribution in [0.15, 0.2) is 36.4 Å². The van der Waals surface area contributed by atoms with Gasteiger partial charge in [-0.1, -0.05) is 24.3 Å². The fourth-order valence-electron chi connectivity index (χ4n) is 2.32. The van der Waals surface area contributed by atoms with E-state index in [1.807, 2.05) is 0 Å². The maximum Gasteiger partial charge on any atom is 0.417 e. The normalized spacial score (nSPS) is 11.3. The molecular formula is C16H11F4NO2. The van der Waals surface area contributed by atoms with Gasteiger partial charge in [-0.3, -0.25) is 9.59 Å². The number of Topliss-reactive ketones (excluding diaryl/α,β-unsaturated/α-hetero) is 1. The van der Waals surface area contributed by atoms with Gasteiger partial charge in [0.15, 0.2) is 5.78 Å². The molecule has 0 atom stereocenters. The zero-order chi connectivity index (χ0) is 17.4. The van der Waals surface area contributed by atoms with Crippen LogP contribution < -0.4 is 5.73 Å². The highest BCUT2D eigenvalue weighted by atomic mass is 19.4. The Hall–Kier alpha value is -2.70. The van der Waals surface area contributed by atoms with Crippen molar-refractivity contribution in [3.63, 3.8) is 0 Å². The van der Waals surface area contributed by atoms with Gasteiger partial charge in [-0.05, 0) is 24.6 Å². The molecule has 0 saturated heterocycles. The molecule has 0 aromatic heterocycles. The predicted octanol–water partition coefficient (Wildman–Crippen LogP) is 3.81. The van der Waals surface area contributed by atoms with Gasteiger partial charge in [0.05, 0.1) is 11.1 Å². The highest BCUT2D eigenvalue weighted by Crippen LogP contribution is 2.38. The fourth-order valence-corrected chi connectivity index (χ4v) is 2.32. The Bertz CT molecular complexity index is 797. The Morgan fingerprint density at radius 1 is 1.00 bits per heavy atom. The third-order valence-electron chi connectivity index (χ3n) is 3.28. The predicted molar refractivity (Wildman–Crippen MR) is 75.4 cm³/mol. The lowest BCUT2D eigenvalue weighted by molar-refractivity contribution is -0.137. The summed E-state index contributed by atoms with van der Waals surface area (Å²) in [7, 11) is 0. The van der Waals surface area contributed by atoms with Crippen LogP contribution in [0.3, 0.4) is 0 Å². The molecule has 0 radical (unpaired) electrons. The molecule has 7 heteroatoms. The van der Waals surface area contributed by atoms with Crippen molar-refractivity contribution in [2.24, 2.45) is 5.73 Å². The lowest BCUT2D eigenvalue weighted by atomic mass is 9.91. The van der Waals surface area contributed by atoms with E-state index in [1.165, 1.54) is 18.2 Å². The molecule has 0 saturated carbocycles. The van der Waals surface area contributed by atoms with Gasteiger partial charge in [0.1, 0.15) is 5.82 Å². The molecule has 0 heterocycles. The molecule has 0 fully saturated rings. The fraction of sp³-hybridized carbons (Fsp3) is 0.125. The summed E-state index contributed by atoms with van der Waals surface area (Å²) in [6, 6.07) is 6.58. The van der Waals surface area contributed by atoms with Gasteiger partial charge in [-0.2, -0.15) is 13.2 Å². The molecule has 0 unspecified atom stereocenters. The van der Waals surface area contributed by atoms with Crippen molar-refractivity contribution in [2.45, 2.75) is 13.1 Å². The Morgan fingerprint density at radius 3 is 2.09 bits per heavy atom. The average Bonchev–Trinajstić information content (AvgIpc) is 2.45. The van der Waals surface area contributed by atoms with E-state index < -0.39 is 40.4 Å². The summed E-state index contributed by atoms with van der Waals surface area (Å²) in [5.41, 5.74) is 2.22. The van der Waals surface area contributed by atoms with Crippen molar-refractivity contribution in [3.8, 4) is 11.1 Å². The Balaban J connectivity index is 2.83. The number of amides is 1. The van der Waals surface area contributed by atoms with Crippen molar-refractivity contribution >= 4 is 11.7 Å². The minimum Gasteiger partial charge on any atom is -0.366 e. The minimum atomic E-state index is -4.77. The topological polar surface area (TPSA) is 60.2 Å². The van der Waals surface area contributed by atoms with Gasteiger partial charge in [0.2, 0.25) is 0 Å². The Morgan fingerprint density at radius 2 is 1.57 bits per heavy atom. The van der Waals surface area contributed by atoms with Crippen molar-refractivity contribution in [1.82, 2.24) is 0 Å².